The fourth-order valence-corrected chi connectivity index (χ4v) is 3.33. The molecule has 0 unspecified atom stereocenters. The van der Waals surface area contributed by atoms with E-state index in [1.54, 1.807) is 0 Å². The van der Waals surface area contributed by atoms with Crippen molar-refractivity contribution >= 4 is 16.5 Å². The number of nitrogen functional groups attached to an aromatic ring is 1. The highest BCUT2D eigenvalue weighted by molar-refractivity contribution is 7.13. The lowest BCUT2D eigenvalue weighted by Gasteiger charge is -2.24. The van der Waals surface area contributed by atoms with Crippen LogP contribution in [0, 0.1) is 0 Å². The monoisotopic (exact) mass is 275 g/mol. The van der Waals surface area contributed by atoms with Crippen LogP contribution in [0.2, 0.25) is 0 Å². The predicted molar refractivity (Wildman–Crippen MR) is 78.3 cm³/mol. The van der Waals surface area contributed by atoms with Crippen LogP contribution in [-0.4, -0.2) is 9.55 Å². The van der Waals surface area contributed by atoms with Gasteiger partial charge in [-0.25, -0.2) is 4.98 Å². The molecule has 1 aliphatic carbocycles. The van der Waals surface area contributed by atoms with E-state index >= 15 is 0 Å². The zero-order chi connectivity index (χ0) is 13.2. The van der Waals surface area contributed by atoms with E-state index in [4.69, 9.17) is 5.73 Å². The maximum Gasteiger partial charge on any atom is 0.260 e. The Kier molecular flexibility index (Phi) is 3.38. The standard InChI is InChI=1S/C14H17N3OS/c15-14-16-12(9-19-14)11-7-4-8-17(13(11)18)10-5-2-1-3-6-10/h4,7-10H,1-3,5-6H2,(H2,15,16). The van der Waals surface area contributed by atoms with Crippen molar-refractivity contribution in [1.82, 2.24) is 9.55 Å². The average molecular weight is 275 g/mol. The number of hydrogen-bond donors (Lipinski definition) is 1. The Morgan fingerprint density at radius 2 is 2.11 bits per heavy atom. The van der Waals surface area contributed by atoms with Gasteiger partial charge in [-0.3, -0.25) is 4.79 Å². The van der Waals surface area contributed by atoms with Gasteiger partial charge in [-0.15, -0.1) is 11.3 Å². The molecule has 4 nitrogen and oxygen atoms in total. The number of nitrogens with zero attached hydrogens (tertiary/aromatic N) is 2. The molecule has 2 N–H and O–H groups in total. The van der Waals surface area contributed by atoms with Gasteiger partial charge in [0.05, 0.1) is 11.3 Å². The molecule has 5 heteroatoms. The Labute approximate surface area is 115 Å². The second-order valence-electron chi connectivity index (χ2n) is 5.00. The lowest BCUT2D eigenvalue weighted by molar-refractivity contribution is 0.346. The molecule has 1 fully saturated rings. The lowest BCUT2D eigenvalue weighted by atomic mass is 9.95. The first-order valence-corrected chi connectivity index (χ1v) is 7.56. The Morgan fingerprint density at radius 3 is 2.79 bits per heavy atom. The first-order chi connectivity index (χ1) is 9.25. The summed E-state index contributed by atoms with van der Waals surface area (Å²) < 4.78 is 1.88. The molecule has 0 saturated heterocycles. The molecule has 2 aromatic heterocycles. The van der Waals surface area contributed by atoms with Crippen LogP contribution in [0.5, 0.6) is 0 Å². The number of nitrogens with two attached hydrogens (primary N) is 1. The molecule has 1 aliphatic rings. The minimum atomic E-state index is 0.0553. The van der Waals surface area contributed by atoms with Crippen LogP contribution in [0.15, 0.2) is 28.5 Å². The second kappa shape index (κ2) is 5.17. The van der Waals surface area contributed by atoms with Gasteiger partial charge in [0.25, 0.3) is 5.56 Å². The summed E-state index contributed by atoms with van der Waals surface area (Å²) in [5.74, 6) is 0. The predicted octanol–water partition coefficient (Wildman–Crippen LogP) is 3.06. The van der Waals surface area contributed by atoms with Gasteiger partial charge < -0.3 is 10.3 Å². The molecule has 0 aromatic carbocycles. The van der Waals surface area contributed by atoms with Crippen LogP contribution in [-0.2, 0) is 0 Å². The van der Waals surface area contributed by atoms with Crippen molar-refractivity contribution in [2.24, 2.45) is 0 Å². The largest absolute Gasteiger partial charge is 0.375 e. The minimum absolute atomic E-state index is 0.0553. The van der Waals surface area contributed by atoms with Gasteiger partial charge in [-0.1, -0.05) is 19.3 Å². The van der Waals surface area contributed by atoms with E-state index in [1.165, 1.54) is 30.6 Å². The number of thiazole rings is 1. The molecule has 19 heavy (non-hydrogen) atoms. The van der Waals surface area contributed by atoms with Gasteiger partial charge in [-0.2, -0.15) is 0 Å². The molecule has 0 spiro atoms. The summed E-state index contributed by atoms with van der Waals surface area (Å²) in [4.78, 5) is 16.8. The maximum atomic E-state index is 12.6. The average Bonchev–Trinajstić information content (AvgIpc) is 2.86. The summed E-state index contributed by atoms with van der Waals surface area (Å²) >= 11 is 1.37. The molecule has 0 aliphatic heterocycles. The van der Waals surface area contributed by atoms with Gasteiger partial charge in [0.15, 0.2) is 5.13 Å². The molecular weight excluding hydrogens is 258 g/mol. The highest BCUT2D eigenvalue weighted by Crippen LogP contribution is 2.27. The van der Waals surface area contributed by atoms with E-state index in [9.17, 15) is 4.79 Å². The Hall–Kier alpha value is -1.62. The van der Waals surface area contributed by atoms with E-state index in [1.807, 2.05) is 28.3 Å². The van der Waals surface area contributed by atoms with Crippen LogP contribution >= 0.6 is 11.3 Å². The van der Waals surface area contributed by atoms with Crippen molar-refractivity contribution in [2.45, 2.75) is 38.1 Å². The van der Waals surface area contributed by atoms with Crippen molar-refractivity contribution in [1.29, 1.82) is 0 Å². The van der Waals surface area contributed by atoms with Gasteiger partial charge in [0.1, 0.15) is 0 Å². The van der Waals surface area contributed by atoms with E-state index in [2.05, 4.69) is 4.98 Å². The Bertz CT molecular complexity index is 626. The zero-order valence-electron chi connectivity index (χ0n) is 10.7. The zero-order valence-corrected chi connectivity index (χ0v) is 11.5. The molecule has 1 saturated carbocycles. The van der Waals surface area contributed by atoms with Crippen molar-refractivity contribution < 1.29 is 0 Å². The first-order valence-electron chi connectivity index (χ1n) is 6.68. The van der Waals surface area contributed by atoms with Crippen LogP contribution in [0.4, 0.5) is 5.13 Å². The fraction of sp³-hybridized carbons (Fsp3) is 0.429. The molecule has 0 atom stereocenters. The quantitative estimate of drug-likeness (QED) is 0.916. The summed E-state index contributed by atoms with van der Waals surface area (Å²) in [5, 5.41) is 2.35. The first kappa shape index (κ1) is 12.4. The van der Waals surface area contributed by atoms with Gasteiger partial charge in [-0.05, 0) is 25.0 Å². The Morgan fingerprint density at radius 1 is 1.32 bits per heavy atom. The third kappa shape index (κ3) is 2.42. The fourth-order valence-electron chi connectivity index (χ4n) is 2.76. The highest BCUT2D eigenvalue weighted by atomic mass is 32.1. The van der Waals surface area contributed by atoms with Crippen molar-refractivity contribution in [3.05, 3.63) is 34.1 Å². The molecule has 2 aromatic rings. The van der Waals surface area contributed by atoms with E-state index in [-0.39, 0.29) is 5.56 Å². The highest BCUT2D eigenvalue weighted by Gasteiger charge is 2.18. The molecule has 0 radical (unpaired) electrons. The molecule has 100 valence electrons. The maximum absolute atomic E-state index is 12.6. The van der Waals surface area contributed by atoms with Gasteiger partial charge in [0.2, 0.25) is 0 Å². The number of rotatable bonds is 2. The second-order valence-corrected chi connectivity index (χ2v) is 5.89. The van der Waals surface area contributed by atoms with Gasteiger partial charge >= 0.3 is 0 Å². The molecular formula is C14H17N3OS. The summed E-state index contributed by atoms with van der Waals surface area (Å²) in [7, 11) is 0. The SMILES string of the molecule is Nc1nc(-c2cccn(C3CCCCC3)c2=O)cs1. The summed E-state index contributed by atoms with van der Waals surface area (Å²) in [5.41, 5.74) is 7.05. The number of pyridine rings is 1. The lowest BCUT2D eigenvalue weighted by Crippen LogP contribution is -2.26. The van der Waals surface area contributed by atoms with E-state index in [0.29, 0.717) is 22.4 Å². The number of hydrogen-bond acceptors (Lipinski definition) is 4. The van der Waals surface area contributed by atoms with E-state index < -0.39 is 0 Å². The number of aromatic nitrogens is 2. The molecule has 2 heterocycles. The van der Waals surface area contributed by atoms with Crippen molar-refractivity contribution in [2.75, 3.05) is 5.73 Å². The normalized spacial score (nSPS) is 16.6. The summed E-state index contributed by atoms with van der Waals surface area (Å²) in [6, 6.07) is 4.11. The van der Waals surface area contributed by atoms with Gasteiger partial charge in [0, 0.05) is 17.6 Å². The minimum Gasteiger partial charge on any atom is -0.375 e. The summed E-state index contributed by atoms with van der Waals surface area (Å²) in [6.07, 6.45) is 7.81. The van der Waals surface area contributed by atoms with Crippen molar-refractivity contribution in [3.63, 3.8) is 0 Å². The molecule has 0 bridgehead atoms. The topological polar surface area (TPSA) is 60.9 Å². The van der Waals surface area contributed by atoms with Crippen molar-refractivity contribution in [3.8, 4) is 11.3 Å². The number of anilines is 1. The molecule has 3 rings (SSSR count). The molecule has 0 amide bonds. The third-order valence-corrected chi connectivity index (χ3v) is 4.41. The third-order valence-electron chi connectivity index (χ3n) is 3.74. The smallest absolute Gasteiger partial charge is 0.260 e. The van der Waals surface area contributed by atoms with Crippen LogP contribution in [0.3, 0.4) is 0 Å². The van der Waals surface area contributed by atoms with E-state index in [0.717, 1.165) is 12.8 Å². The van der Waals surface area contributed by atoms with Crippen LogP contribution in [0.25, 0.3) is 11.3 Å². The summed E-state index contributed by atoms with van der Waals surface area (Å²) in [6.45, 7) is 0. The van der Waals surface area contributed by atoms with Crippen LogP contribution < -0.4 is 11.3 Å². The Balaban J connectivity index is 2.01. The van der Waals surface area contributed by atoms with Crippen LogP contribution in [0.1, 0.15) is 38.1 Å².